The number of aromatic nitrogens is 2. The summed E-state index contributed by atoms with van der Waals surface area (Å²) in [5, 5.41) is 46.3. The molecule has 0 aliphatic carbocycles. The predicted octanol–water partition coefficient (Wildman–Crippen LogP) is 0.911. The summed E-state index contributed by atoms with van der Waals surface area (Å²) < 4.78 is 11.1. The first-order valence-corrected chi connectivity index (χ1v) is 9.71. The lowest BCUT2D eigenvalue weighted by molar-refractivity contribution is -0.278. The molecule has 2 heterocycles. The number of benzene rings is 1. The maximum Gasteiger partial charge on any atom is 0.238 e. The maximum absolute atomic E-state index is 10.2. The van der Waals surface area contributed by atoms with Crippen molar-refractivity contribution in [2.75, 3.05) is 6.61 Å². The van der Waals surface area contributed by atoms with Crippen LogP contribution in [0.5, 0.6) is 5.88 Å². The Morgan fingerprint density at radius 1 is 1.14 bits per heavy atom. The van der Waals surface area contributed by atoms with E-state index in [0.717, 1.165) is 28.8 Å². The molecule has 8 nitrogen and oxygen atoms in total. The molecule has 8 heteroatoms. The monoisotopic (exact) mass is 404 g/mol. The number of aliphatic hydroxyl groups is 4. The van der Waals surface area contributed by atoms with E-state index in [1.54, 1.807) is 0 Å². The van der Waals surface area contributed by atoms with Gasteiger partial charge in [-0.15, -0.1) is 5.10 Å². The van der Waals surface area contributed by atoms with Gasteiger partial charge in [0.05, 0.1) is 6.61 Å². The summed E-state index contributed by atoms with van der Waals surface area (Å²) in [6.07, 6.45) is -1.03. The van der Waals surface area contributed by atoms with Gasteiger partial charge in [-0.25, -0.2) is 0 Å². The van der Waals surface area contributed by atoms with Crippen molar-refractivity contribution in [1.29, 1.82) is 0 Å². The largest absolute Gasteiger partial charge is 0.443 e. The van der Waals surface area contributed by atoms with Crippen molar-refractivity contribution in [2.24, 2.45) is 0 Å². The van der Waals surface area contributed by atoms with E-state index in [9.17, 15) is 20.4 Å². The third kappa shape index (κ3) is 4.85. The Morgan fingerprint density at radius 2 is 1.86 bits per heavy atom. The first kappa shape index (κ1) is 21.5. The molecule has 1 aliphatic heterocycles. The molecule has 0 unspecified atom stereocenters. The number of allylic oxidation sites excluding steroid dienone is 1. The number of aliphatic hydroxyl groups excluding tert-OH is 4. The number of aryl methyl sites for hydroxylation is 1. The van der Waals surface area contributed by atoms with Crippen molar-refractivity contribution >= 4 is 6.08 Å². The highest BCUT2D eigenvalue weighted by atomic mass is 16.7. The summed E-state index contributed by atoms with van der Waals surface area (Å²) in [5.74, 6) is 0.238. The van der Waals surface area contributed by atoms with Gasteiger partial charge in [0.1, 0.15) is 24.4 Å². The van der Waals surface area contributed by atoms with Crippen LogP contribution in [-0.2, 0) is 11.2 Å². The Morgan fingerprint density at radius 3 is 2.52 bits per heavy atom. The molecule has 1 saturated heterocycles. The molecule has 0 radical (unpaired) electrons. The lowest BCUT2D eigenvalue weighted by Gasteiger charge is -2.39. The summed E-state index contributed by atoms with van der Waals surface area (Å²) in [5.41, 5.74) is 3.78. The van der Waals surface area contributed by atoms with Crippen LogP contribution in [0.15, 0.2) is 30.3 Å². The van der Waals surface area contributed by atoms with E-state index in [1.807, 2.05) is 31.2 Å². The minimum absolute atomic E-state index is 0.238. The average molecular weight is 404 g/mol. The zero-order chi connectivity index (χ0) is 21.0. The van der Waals surface area contributed by atoms with Crippen molar-refractivity contribution < 1.29 is 29.9 Å². The molecule has 29 heavy (non-hydrogen) atoms. The van der Waals surface area contributed by atoms with Gasteiger partial charge in [0.25, 0.3) is 0 Å². The molecule has 1 fully saturated rings. The minimum Gasteiger partial charge on any atom is -0.443 e. The number of ether oxygens (including phenoxy) is 2. The lowest BCUT2D eigenvalue weighted by Crippen LogP contribution is -2.60. The van der Waals surface area contributed by atoms with Gasteiger partial charge in [-0.1, -0.05) is 43.3 Å². The van der Waals surface area contributed by atoms with Gasteiger partial charge in [0.2, 0.25) is 12.2 Å². The van der Waals surface area contributed by atoms with Crippen molar-refractivity contribution in [3.63, 3.8) is 0 Å². The molecule has 1 aromatic carbocycles. The van der Waals surface area contributed by atoms with E-state index in [-0.39, 0.29) is 5.88 Å². The topological polar surface area (TPSA) is 128 Å². The van der Waals surface area contributed by atoms with Crippen LogP contribution in [0.2, 0.25) is 0 Å². The van der Waals surface area contributed by atoms with Crippen molar-refractivity contribution in [3.05, 3.63) is 52.7 Å². The zero-order valence-corrected chi connectivity index (χ0v) is 16.5. The second kappa shape index (κ2) is 9.51. The second-order valence-corrected chi connectivity index (χ2v) is 7.18. The van der Waals surface area contributed by atoms with Crippen LogP contribution in [0.4, 0.5) is 0 Å². The fourth-order valence-electron chi connectivity index (χ4n) is 3.22. The van der Waals surface area contributed by atoms with E-state index in [0.29, 0.717) is 6.42 Å². The first-order chi connectivity index (χ1) is 13.9. The van der Waals surface area contributed by atoms with Gasteiger partial charge in [0, 0.05) is 17.7 Å². The molecular weight excluding hydrogens is 376 g/mol. The Hall–Kier alpha value is -2.23. The zero-order valence-electron chi connectivity index (χ0n) is 16.5. The van der Waals surface area contributed by atoms with Crippen LogP contribution >= 0.6 is 0 Å². The third-order valence-corrected chi connectivity index (χ3v) is 5.02. The standard InChI is InChI=1S/C21H28N2O6/c1-3-4-5-13-6-8-14(9-7-13)10-15-12(2)22-23-20(15)29-21-19(27)18(26)17(25)16(11-24)28-21/h4-9,16-19,21,24-27H,3,10-11H2,1-2H3,(H,22,23)/t16-,17-,18+,19-,21+/m1/s1. The van der Waals surface area contributed by atoms with Gasteiger partial charge in [-0.3, -0.25) is 5.10 Å². The third-order valence-electron chi connectivity index (χ3n) is 5.02. The fourth-order valence-corrected chi connectivity index (χ4v) is 3.22. The predicted molar refractivity (Wildman–Crippen MR) is 106 cm³/mol. The molecular formula is C21H28N2O6. The quantitative estimate of drug-likeness (QED) is 0.464. The highest BCUT2D eigenvalue weighted by Gasteiger charge is 2.45. The van der Waals surface area contributed by atoms with E-state index < -0.39 is 37.3 Å². The smallest absolute Gasteiger partial charge is 0.238 e. The molecule has 0 saturated carbocycles. The lowest BCUT2D eigenvalue weighted by atomic mass is 9.99. The molecule has 1 aromatic heterocycles. The van der Waals surface area contributed by atoms with Crippen LogP contribution in [-0.4, -0.2) is 67.9 Å². The molecule has 5 atom stereocenters. The van der Waals surface area contributed by atoms with Crippen molar-refractivity contribution in [1.82, 2.24) is 10.2 Å². The number of nitrogens with zero attached hydrogens (tertiary/aromatic N) is 1. The van der Waals surface area contributed by atoms with Crippen LogP contribution < -0.4 is 4.74 Å². The van der Waals surface area contributed by atoms with Gasteiger partial charge in [-0.05, 0) is 24.5 Å². The van der Waals surface area contributed by atoms with Gasteiger partial charge < -0.3 is 29.9 Å². The number of aromatic amines is 1. The molecule has 3 rings (SSSR count). The van der Waals surface area contributed by atoms with Crippen molar-refractivity contribution in [2.45, 2.75) is 57.4 Å². The van der Waals surface area contributed by atoms with Gasteiger partial charge in [0.15, 0.2) is 0 Å². The average Bonchev–Trinajstić information content (AvgIpc) is 3.07. The first-order valence-electron chi connectivity index (χ1n) is 9.71. The maximum atomic E-state index is 10.2. The van der Waals surface area contributed by atoms with Gasteiger partial charge >= 0.3 is 0 Å². The SMILES string of the molecule is CCC=Cc1ccc(Cc2c(O[C@@H]3O[C@H](CO)[C@@H](O)[C@H](O)[C@H]3O)n[nH]c2C)cc1. The number of nitrogens with one attached hydrogen (secondary N) is 1. The fraction of sp³-hybridized carbons (Fsp3) is 0.476. The summed E-state index contributed by atoms with van der Waals surface area (Å²) in [6, 6.07) is 8.13. The molecule has 5 N–H and O–H groups in total. The van der Waals surface area contributed by atoms with Crippen LogP contribution in [0.25, 0.3) is 6.08 Å². The van der Waals surface area contributed by atoms with Crippen LogP contribution in [0.3, 0.4) is 0 Å². The van der Waals surface area contributed by atoms with Crippen molar-refractivity contribution in [3.8, 4) is 5.88 Å². The van der Waals surface area contributed by atoms with E-state index in [2.05, 4.69) is 29.3 Å². The summed E-state index contributed by atoms with van der Waals surface area (Å²) in [4.78, 5) is 0. The Bertz CT molecular complexity index is 817. The molecule has 0 bridgehead atoms. The number of hydrogen-bond acceptors (Lipinski definition) is 7. The number of rotatable bonds is 7. The molecule has 0 spiro atoms. The number of hydrogen-bond donors (Lipinski definition) is 5. The molecule has 1 aliphatic rings. The number of H-pyrrole nitrogens is 1. The second-order valence-electron chi connectivity index (χ2n) is 7.18. The van der Waals surface area contributed by atoms with Crippen LogP contribution in [0, 0.1) is 6.92 Å². The summed E-state index contributed by atoms with van der Waals surface area (Å²) >= 11 is 0. The molecule has 2 aromatic rings. The summed E-state index contributed by atoms with van der Waals surface area (Å²) in [6.45, 7) is 3.43. The Labute approximate surface area is 169 Å². The summed E-state index contributed by atoms with van der Waals surface area (Å²) in [7, 11) is 0. The normalized spacial score (nSPS) is 27.4. The highest BCUT2D eigenvalue weighted by Crippen LogP contribution is 2.28. The van der Waals surface area contributed by atoms with E-state index in [1.165, 1.54) is 0 Å². The Kier molecular flexibility index (Phi) is 7.05. The molecule has 158 valence electrons. The van der Waals surface area contributed by atoms with Crippen LogP contribution in [0.1, 0.15) is 35.7 Å². The van der Waals surface area contributed by atoms with Gasteiger partial charge in [-0.2, -0.15) is 0 Å². The molecule has 0 amide bonds. The Balaban J connectivity index is 1.75. The minimum atomic E-state index is -1.50. The highest BCUT2D eigenvalue weighted by molar-refractivity contribution is 5.50. The van der Waals surface area contributed by atoms with E-state index in [4.69, 9.17) is 9.47 Å². The van der Waals surface area contributed by atoms with E-state index >= 15 is 0 Å².